The lowest BCUT2D eigenvalue weighted by atomic mass is 9.78. The fraction of sp³-hybridized carbons (Fsp3) is 0.412. The van der Waals surface area contributed by atoms with Gasteiger partial charge in [0.1, 0.15) is 6.07 Å². The third-order valence-corrected chi connectivity index (χ3v) is 9.13. The van der Waals surface area contributed by atoms with Crippen LogP contribution in [0.2, 0.25) is 18.6 Å². The number of carbonyl (C=O) groups is 1. The molecule has 3 heteroatoms. The van der Waals surface area contributed by atoms with Crippen molar-refractivity contribution in [2.24, 2.45) is 5.41 Å². The fourth-order valence-electron chi connectivity index (χ4n) is 3.46. The maximum absolute atomic E-state index is 12.1. The van der Waals surface area contributed by atoms with Crippen LogP contribution in [0.15, 0.2) is 42.0 Å². The standard InChI is InChI=1S/C17H21NOSi/c1-17(2)11-13(12-18)15(19)10-16(17)20(3,4)14-8-6-5-7-9-14/h5-9,11,16H,10H2,1-4H3/t16-/m0/s1. The minimum absolute atomic E-state index is 0.00771. The van der Waals surface area contributed by atoms with E-state index in [1.165, 1.54) is 5.19 Å². The molecule has 0 aromatic heterocycles. The van der Waals surface area contributed by atoms with Crippen molar-refractivity contribution in [2.75, 3.05) is 0 Å². The molecular weight excluding hydrogens is 262 g/mol. The molecular formula is C17H21NOSi. The van der Waals surface area contributed by atoms with Gasteiger partial charge in [-0.3, -0.25) is 4.79 Å². The van der Waals surface area contributed by atoms with Gasteiger partial charge in [0, 0.05) is 6.42 Å². The summed E-state index contributed by atoms with van der Waals surface area (Å²) in [5.41, 5.74) is 0.552. The van der Waals surface area contributed by atoms with E-state index in [0.29, 0.717) is 17.5 Å². The summed E-state index contributed by atoms with van der Waals surface area (Å²) in [5.74, 6) is 0.00771. The Hall–Kier alpha value is -1.66. The Labute approximate surface area is 122 Å². The highest BCUT2D eigenvalue weighted by Crippen LogP contribution is 2.47. The molecule has 0 aliphatic heterocycles. The van der Waals surface area contributed by atoms with Crippen molar-refractivity contribution >= 4 is 19.0 Å². The van der Waals surface area contributed by atoms with E-state index in [0.717, 1.165) is 0 Å². The third kappa shape index (κ3) is 2.48. The van der Waals surface area contributed by atoms with E-state index in [1.807, 2.05) is 18.2 Å². The van der Waals surface area contributed by atoms with Crippen molar-refractivity contribution in [3.8, 4) is 6.07 Å². The maximum Gasteiger partial charge on any atom is 0.173 e. The maximum atomic E-state index is 12.1. The number of hydrogen-bond donors (Lipinski definition) is 0. The predicted molar refractivity (Wildman–Crippen MR) is 84.4 cm³/mol. The van der Waals surface area contributed by atoms with Crippen LogP contribution in [-0.4, -0.2) is 13.9 Å². The van der Waals surface area contributed by atoms with E-state index in [4.69, 9.17) is 5.26 Å². The molecule has 104 valence electrons. The molecule has 0 saturated carbocycles. The Morgan fingerprint density at radius 1 is 1.25 bits per heavy atom. The lowest BCUT2D eigenvalue weighted by Crippen LogP contribution is -2.52. The highest BCUT2D eigenvalue weighted by Gasteiger charge is 2.46. The minimum atomic E-state index is -1.77. The first kappa shape index (κ1) is 14.7. The molecule has 0 saturated heterocycles. The summed E-state index contributed by atoms with van der Waals surface area (Å²) in [4.78, 5) is 12.1. The normalized spacial score (nSPS) is 22.1. The summed E-state index contributed by atoms with van der Waals surface area (Å²) in [5, 5.41) is 10.4. The molecule has 0 bridgehead atoms. The van der Waals surface area contributed by atoms with Crippen LogP contribution in [0.3, 0.4) is 0 Å². The highest BCUT2D eigenvalue weighted by atomic mass is 28.3. The number of benzene rings is 1. The number of ketones is 1. The molecule has 2 rings (SSSR count). The first-order chi connectivity index (χ1) is 9.29. The van der Waals surface area contributed by atoms with E-state index in [9.17, 15) is 4.79 Å². The Kier molecular flexibility index (Phi) is 3.71. The van der Waals surface area contributed by atoms with Crippen LogP contribution in [0.5, 0.6) is 0 Å². The Morgan fingerprint density at radius 3 is 2.40 bits per heavy atom. The first-order valence-electron chi connectivity index (χ1n) is 7.00. The van der Waals surface area contributed by atoms with Crippen molar-refractivity contribution < 1.29 is 4.79 Å². The van der Waals surface area contributed by atoms with Gasteiger partial charge in [-0.25, -0.2) is 0 Å². The molecule has 2 nitrogen and oxygen atoms in total. The molecule has 1 aromatic rings. The SMILES string of the molecule is CC1(C)C=C(C#N)C(=O)C[C@@H]1[Si](C)(C)c1ccccc1. The molecule has 0 amide bonds. The van der Waals surface area contributed by atoms with Gasteiger partial charge < -0.3 is 0 Å². The number of nitriles is 1. The second kappa shape index (κ2) is 5.03. The lowest BCUT2D eigenvalue weighted by Gasteiger charge is -2.44. The summed E-state index contributed by atoms with van der Waals surface area (Å²) in [6.07, 6.45) is 2.39. The number of hydrogen-bond acceptors (Lipinski definition) is 2. The number of Topliss-reactive ketones (excluding diaryl/α,β-unsaturated/α-hetero) is 1. The molecule has 0 N–H and O–H groups in total. The van der Waals surface area contributed by atoms with E-state index >= 15 is 0 Å². The van der Waals surface area contributed by atoms with Crippen LogP contribution >= 0.6 is 0 Å². The molecule has 0 fully saturated rings. The first-order valence-corrected chi connectivity index (χ1v) is 10.1. The van der Waals surface area contributed by atoms with E-state index < -0.39 is 8.07 Å². The summed E-state index contributed by atoms with van der Waals surface area (Å²) in [6, 6.07) is 12.6. The zero-order valence-corrected chi connectivity index (χ0v) is 13.6. The second-order valence-corrected chi connectivity index (χ2v) is 11.5. The van der Waals surface area contributed by atoms with Gasteiger partial charge in [-0.15, -0.1) is 0 Å². The average molecular weight is 283 g/mol. The summed E-state index contributed by atoms with van der Waals surface area (Å²) >= 11 is 0. The third-order valence-electron chi connectivity index (χ3n) is 4.61. The molecule has 0 unspecified atom stereocenters. The summed E-state index contributed by atoms with van der Waals surface area (Å²) < 4.78 is 0. The molecule has 1 atom stereocenters. The molecule has 1 aromatic carbocycles. The Morgan fingerprint density at radius 2 is 1.85 bits per heavy atom. The van der Waals surface area contributed by atoms with Gasteiger partial charge in [0.25, 0.3) is 0 Å². The Bertz CT molecular complexity index is 593. The molecule has 0 spiro atoms. The van der Waals surface area contributed by atoms with E-state index in [1.54, 1.807) is 0 Å². The Balaban J connectivity index is 2.46. The van der Waals surface area contributed by atoms with Gasteiger partial charge in [-0.1, -0.05) is 68.5 Å². The summed E-state index contributed by atoms with van der Waals surface area (Å²) in [7, 11) is -1.77. The molecule has 1 aliphatic rings. The van der Waals surface area contributed by atoms with Gasteiger partial charge in [-0.2, -0.15) is 5.26 Å². The van der Waals surface area contributed by atoms with Crippen molar-refractivity contribution in [3.05, 3.63) is 42.0 Å². The zero-order chi connectivity index (χ0) is 15.0. The number of allylic oxidation sites excluding steroid dienone is 2. The minimum Gasteiger partial charge on any atom is -0.293 e. The van der Waals surface area contributed by atoms with E-state index in [2.05, 4.69) is 51.2 Å². The topological polar surface area (TPSA) is 40.9 Å². The highest BCUT2D eigenvalue weighted by molar-refractivity contribution is 6.91. The second-order valence-electron chi connectivity index (χ2n) is 6.76. The fourth-order valence-corrected chi connectivity index (χ4v) is 7.55. The van der Waals surface area contributed by atoms with Crippen LogP contribution < -0.4 is 5.19 Å². The zero-order valence-electron chi connectivity index (χ0n) is 12.6. The monoisotopic (exact) mass is 283 g/mol. The molecule has 1 aliphatic carbocycles. The number of carbonyl (C=O) groups excluding carboxylic acids is 1. The van der Waals surface area contributed by atoms with Crippen LogP contribution in [0.4, 0.5) is 0 Å². The molecule has 0 heterocycles. The van der Waals surface area contributed by atoms with Crippen molar-refractivity contribution in [2.45, 2.75) is 38.9 Å². The lowest BCUT2D eigenvalue weighted by molar-refractivity contribution is -0.116. The van der Waals surface area contributed by atoms with Crippen LogP contribution in [-0.2, 0) is 4.79 Å². The van der Waals surface area contributed by atoms with Gasteiger partial charge in [0.2, 0.25) is 0 Å². The largest absolute Gasteiger partial charge is 0.293 e. The number of rotatable bonds is 2. The summed E-state index contributed by atoms with van der Waals surface area (Å²) in [6.45, 7) is 8.96. The molecule has 0 radical (unpaired) electrons. The van der Waals surface area contributed by atoms with Crippen LogP contribution in [0.1, 0.15) is 20.3 Å². The quantitative estimate of drug-likeness (QED) is 0.780. The van der Waals surface area contributed by atoms with Crippen LogP contribution in [0.25, 0.3) is 0 Å². The smallest absolute Gasteiger partial charge is 0.173 e. The molecule has 20 heavy (non-hydrogen) atoms. The average Bonchev–Trinajstić information content (AvgIpc) is 2.41. The van der Waals surface area contributed by atoms with Gasteiger partial charge in [0.15, 0.2) is 5.78 Å². The van der Waals surface area contributed by atoms with Crippen molar-refractivity contribution in [1.82, 2.24) is 0 Å². The van der Waals surface area contributed by atoms with Crippen LogP contribution in [0, 0.1) is 16.7 Å². The van der Waals surface area contributed by atoms with Gasteiger partial charge >= 0.3 is 0 Å². The number of nitrogens with zero attached hydrogens (tertiary/aromatic N) is 1. The van der Waals surface area contributed by atoms with E-state index in [-0.39, 0.29) is 11.2 Å². The van der Waals surface area contributed by atoms with Crippen molar-refractivity contribution in [1.29, 1.82) is 5.26 Å². The predicted octanol–water partition coefficient (Wildman–Crippen LogP) is 3.42. The van der Waals surface area contributed by atoms with Gasteiger partial charge in [0.05, 0.1) is 13.6 Å². The van der Waals surface area contributed by atoms with Crippen molar-refractivity contribution in [3.63, 3.8) is 0 Å². The van der Waals surface area contributed by atoms with Gasteiger partial charge in [-0.05, 0) is 11.0 Å².